The summed E-state index contributed by atoms with van der Waals surface area (Å²) in [6, 6.07) is 7.19. The van der Waals surface area contributed by atoms with E-state index in [9.17, 15) is 4.79 Å². The van der Waals surface area contributed by atoms with Gasteiger partial charge in [-0.1, -0.05) is 11.6 Å². The van der Waals surface area contributed by atoms with Gasteiger partial charge in [-0.15, -0.1) is 0 Å². The molecule has 18 heavy (non-hydrogen) atoms. The second-order valence-electron chi connectivity index (χ2n) is 4.35. The van der Waals surface area contributed by atoms with E-state index in [-0.39, 0.29) is 6.04 Å². The number of aromatic nitrogens is 2. The first kappa shape index (κ1) is 12.6. The van der Waals surface area contributed by atoms with Gasteiger partial charge >= 0.3 is 0 Å². The van der Waals surface area contributed by atoms with Crippen LogP contribution < -0.4 is 5.73 Å². The van der Waals surface area contributed by atoms with Gasteiger partial charge in [0.2, 0.25) is 5.91 Å². The van der Waals surface area contributed by atoms with Crippen molar-refractivity contribution in [2.24, 2.45) is 5.73 Å². The number of halogens is 1. The molecule has 94 valence electrons. The van der Waals surface area contributed by atoms with Gasteiger partial charge in [0.1, 0.15) is 0 Å². The van der Waals surface area contributed by atoms with Crippen LogP contribution in [0, 0.1) is 0 Å². The topological polar surface area (TPSA) is 60.9 Å². The van der Waals surface area contributed by atoms with Crippen molar-refractivity contribution in [2.75, 3.05) is 0 Å². The molecule has 0 saturated heterocycles. The summed E-state index contributed by atoms with van der Waals surface area (Å²) in [6.07, 6.45) is 1.72. The average Bonchev–Trinajstić information content (AvgIpc) is 2.76. The highest BCUT2D eigenvalue weighted by molar-refractivity contribution is 6.31. The largest absolute Gasteiger partial charge is 0.366 e. The van der Waals surface area contributed by atoms with Crippen LogP contribution in [0.5, 0.6) is 0 Å². The maximum absolute atomic E-state index is 11.2. The molecule has 1 heterocycles. The highest BCUT2D eigenvalue weighted by atomic mass is 35.5. The quantitative estimate of drug-likeness (QED) is 0.926. The Balaban J connectivity index is 2.57. The number of nitrogens with two attached hydrogens (primary N) is 1. The molecule has 5 heteroatoms. The van der Waals surface area contributed by atoms with Crippen LogP contribution in [-0.2, 0) is 0 Å². The molecule has 1 amide bonds. The number of hydrogen-bond acceptors (Lipinski definition) is 2. The van der Waals surface area contributed by atoms with Crippen LogP contribution in [0.4, 0.5) is 0 Å². The zero-order chi connectivity index (χ0) is 13.3. The van der Waals surface area contributed by atoms with Crippen molar-refractivity contribution in [3.8, 4) is 11.3 Å². The van der Waals surface area contributed by atoms with Gasteiger partial charge in [-0.3, -0.25) is 9.48 Å². The third-order valence-electron chi connectivity index (χ3n) is 2.64. The lowest BCUT2D eigenvalue weighted by Gasteiger charge is -2.12. The fourth-order valence-corrected chi connectivity index (χ4v) is 2.07. The average molecular weight is 264 g/mol. The van der Waals surface area contributed by atoms with Crippen LogP contribution in [-0.4, -0.2) is 15.7 Å². The first-order valence-corrected chi connectivity index (χ1v) is 6.01. The number of amides is 1. The minimum Gasteiger partial charge on any atom is -0.366 e. The SMILES string of the molecule is CC(C)n1nccc1-c1cc(Cl)cc(C(N)=O)c1. The number of carbonyl (C=O) groups excluding carboxylic acids is 1. The van der Waals surface area contributed by atoms with Crippen molar-refractivity contribution in [1.29, 1.82) is 0 Å². The molecule has 0 radical (unpaired) electrons. The lowest BCUT2D eigenvalue weighted by Crippen LogP contribution is -2.11. The van der Waals surface area contributed by atoms with Gasteiger partial charge in [0, 0.05) is 28.4 Å². The fourth-order valence-electron chi connectivity index (χ4n) is 1.83. The third kappa shape index (κ3) is 2.38. The number of rotatable bonds is 3. The fraction of sp³-hybridized carbons (Fsp3) is 0.231. The highest BCUT2D eigenvalue weighted by Crippen LogP contribution is 2.26. The number of primary amides is 1. The van der Waals surface area contributed by atoms with Gasteiger partial charge in [-0.05, 0) is 38.1 Å². The predicted molar refractivity (Wildman–Crippen MR) is 71.6 cm³/mol. The van der Waals surface area contributed by atoms with E-state index in [1.165, 1.54) is 0 Å². The Morgan fingerprint density at radius 2 is 2.11 bits per heavy atom. The van der Waals surface area contributed by atoms with E-state index in [0.29, 0.717) is 10.6 Å². The molecule has 0 fully saturated rings. The Hall–Kier alpha value is -1.81. The van der Waals surface area contributed by atoms with Gasteiger partial charge in [-0.2, -0.15) is 5.10 Å². The molecule has 0 aliphatic rings. The summed E-state index contributed by atoms with van der Waals surface area (Å²) in [5.74, 6) is -0.491. The van der Waals surface area contributed by atoms with Crippen molar-refractivity contribution in [1.82, 2.24) is 9.78 Å². The standard InChI is InChI=1S/C13H14ClN3O/c1-8(2)17-12(3-4-16-17)9-5-10(13(15)18)7-11(14)6-9/h3-8H,1-2H3,(H2,15,18). The molecule has 0 saturated carbocycles. The molecule has 1 aromatic carbocycles. The van der Waals surface area contributed by atoms with Gasteiger partial charge in [0.05, 0.1) is 5.69 Å². The van der Waals surface area contributed by atoms with E-state index >= 15 is 0 Å². The molecule has 0 bridgehead atoms. The highest BCUT2D eigenvalue weighted by Gasteiger charge is 2.11. The number of carbonyl (C=O) groups is 1. The molecule has 2 aromatic rings. The van der Waals surface area contributed by atoms with E-state index in [4.69, 9.17) is 17.3 Å². The Morgan fingerprint density at radius 3 is 2.72 bits per heavy atom. The number of nitrogens with zero attached hydrogens (tertiary/aromatic N) is 2. The van der Waals surface area contributed by atoms with E-state index in [1.807, 2.05) is 24.6 Å². The molecular weight excluding hydrogens is 250 g/mol. The van der Waals surface area contributed by atoms with Gasteiger partial charge in [0.25, 0.3) is 0 Å². The zero-order valence-electron chi connectivity index (χ0n) is 10.2. The number of hydrogen-bond donors (Lipinski definition) is 1. The minimum absolute atomic E-state index is 0.228. The molecular formula is C13H14ClN3O. The van der Waals surface area contributed by atoms with Gasteiger partial charge in [0.15, 0.2) is 0 Å². The van der Waals surface area contributed by atoms with Crippen molar-refractivity contribution < 1.29 is 4.79 Å². The third-order valence-corrected chi connectivity index (χ3v) is 2.86. The Labute approximate surface area is 110 Å². The summed E-state index contributed by atoms with van der Waals surface area (Å²) < 4.78 is 1.87. The molecule has 4 nitrogen and oxygen atoms in total. The van der Waals surface area contributed by atoms with Crippen LogP contribution in [0.3, 0.4) is 0 Å². The molecule has 0 aliphatic carbocycles. The Bertz CT molecular complexity index is 590. The van der Waals surface area contributed by atoms with Crippen molar-refractivity contribution >= 4 is 17.5 Å². The van der Waals surface area contributed by atoms with Crippen LogP contribution in [0.15, 0.2) is 30.5 Å². The van der Waals surface area contributed by atoms with Crippen molar-refractivity contribution in [3.63, 3.8) is 0 Å². The first-order valence-electron chi connectivity index (χ1n) is 5.63. The summed E-state index contributed by atoms with van der Waals surface area (Å²) in [5, 5.41) is 4.74. The maximum atomic E-state index is 11.2. The monoisotopic (exact) mass is 263 g/mol. The van der Waals surface area contributed by atoms with Crippen molar-refractivity contribution in [2.45, 2.75) is 19.9 Å². The van der Waals surface area contributed by atoms with Gasteiger partial charge in [-0.25, -0.2) is 0 Å². The summed E-state index contributed by atoms with van der Waals surface area (Å²) in [4.78, 5) is 11.2. The van der Waals surface area contributed by atoms with Crippen LogP contribution >= 0.6 is 11.6 Å². The lowest BCUT2D eigenvalue weighted by molar-refractivity contribution is 0.100. The first-order chi connectivity index (χ1) is 8.49. The zero-order valence-corrected chi connectivity index (χ0v) is 11.0. The van der Waals surface area contributed by atoms with E-state index in [0.717, 1.165) is 11.3 Å². The summed E-state index contributed by atoms with van der Waals surface area (Å²) in [7, 11) is 0. The predicted octanol–water partition coefficient (Wildman–Crippen LogP) is 2.88. The minimum atomic E-state index is -0.491. The van der Waals surface area contributed by atoms with Crippen LogP contribution in [0.2, 0.25) is 5.02 Å². The van der Waals surface area contributed by atoms with E-state index in [2.05, 4.69) is 5.10 Å². The Kier molecular flexibility index (Phi) is 3.39. The molecule has 2 rings (SSSR count). The van der Waals surface area contributed by atoms with Crippen LogP contribution in [0.1, 0.15) is 30.2 Å². The molecule has 1 aromatic heterocycles. The second kappa shape index (κ2) is 4.82. The summed E-state index contributed by atoms with van der Waals surface area (Å²) in [5.41, 5.74) is 7.43. The smallest absolute Gasteiger partial charge is 0.248 e. The summed E-state index contributed by atoms with van der Waals surface area (Å²) >= 11 is 6.01. The van der Waals surface area contributed by atoms with Gasteiger partial charge < -0.3 is 5.73 Å². The summed E-state index contributed by atoms with van der Waals surface area (Å²) in [6.45, 7) is 4.08. The van der Waals surface area contributed by atoms with Crippen LogP contribution in [0.25, 0.3) is 11.3 Å². The maximum Gasteiger partial charge on any atom is 0.248 e. The van der Waals surface area contributed by atoms with E-state index in [1.54, 1.807) is 24.4 Å². The molecule has 0 spiro atoms. The second-order valence-corrected chi connectivity index (χ2v) is 4.78. The number of benzene rings is 1. The van der Waals surface area contributed by atoms with Crippen molar-refractivity contribution in [3.05, 3.63) is 41.0 Å². The molecule has 0 aliphatic heterocycles. The molecule has 2 N–H and O–H groups in total. The lowest BCUT2D eigenvalue weighted by atomic mass is 10.1. The Morgan fingerprint density at radius 1 is 1.39 bits per heavy atom. The van der Waals surface area contributed by atoms with E-state index < -0.39 is 5.91 Å². The normalized spacial score (nSPS) is 10.9. The molecule has 0 atom stereocenters. The molecule has 0 unspecified atom stereocenters.